The fourth-order valence-corrected chi connectivity index (χ4v) is 0.751. The van der Waals surface area contributed by atoms with Crippen molar-refractivity contribution in [3.63, 3.8) is 0 Å². The summed E-state index contributed by atoms with van der Waals surface area (Å²) in [6.07, 6.45) is 4.97. The zero-order valence-electron chi connectivity index (χ0n) is 6.26. The number of halogens is 1. The topological polar surface area (TPSA) is 25.8 Å². The van der Waals surface area contributed by atoms with Gasteiger partial charge in [-0.1, -0.05) is 13.3 Å². The molecule has 0 fully saturated rings. The molecule has 0 spiro atoms. The first-order chi connectivity index (χ1) is 5.33. The second kappa shape index (κ2) is 4.01. The monoisotopic (exact) mass is 153 g/mol. The van der Waals surface area contributed by atoms with E-state index in [-0.39, 0.29) is 5.82 Å². The number of unbranched alkanes of at least 4 members (excludes halogenated alkanes) is 1. The van der Waals surface area contributed by atoms with Crippen LogP contribution in [0.2, 0.25) is 0 Å². The second-order valence-electron chi connectivity index (χ2n) is 2.27. The van der Waals surface area contributed by atoms with Gasteiger partial charge in [0.15, 0.2) is 5.82 Å². The van der Waals surface area contributed by atoms with E-state index < -0.39 is 0 Å². The predicted molar refractivity (Wildman–Crippen MR) is 40.3 cm³/mol. The number of aromatic nitrogens is 2. The van der Waals surface area contributed by atoms with Crippen molar-refractivity contribution in [2.45, 2.75) is 19.3 Å². The van der Waals surface area contributed by atoms with Crippen LogP contribution < -0.4 is 0 Å². The van der Waals surface area contributed by atoms with E-state index in [2.05, 4.69) is 16.9 Å². The normalized spacial score (nSPS) is 10.0. The van der Waals surface area contributed by atoms with Crippen LogP contribution in [-0.4, -0.2) is 9.97 Å². The van der Waals surface area contributed by atoms with Crippen molar-refractivity contribution >= 4 is 0 Å². The summed E-state index contributed by atoms with van der Waals surface area (Å²) in [6, 6.07) is 0. The molecule has 0 unspecified atom stereocenters. The zero-order valence-corrected chi connectivity index (χ0v) is 6.26. The first-order valence-corrected chi connectivity index (χ1v) is 3.58. The Hall–Kier alpha value is -0.990. The number of hydrogen-bond acceptors (Lipinski definition) is 2. The van der Waals surface area contributed by atoms with Crippen LogP contribution in [0, 0.1) is 12.7 Å². The van der Waals surface area contributed by atoms with Crippen LogP contribution >= 0.6 is 0 Å². The van der Waals surface area contributed by atoms with E-state index in [0.29, 0.717) is 5.82 Å². The quantitative estimate of drug-likeness (QED) is 0.661. The Kier molecular flexibility index (Phi) is 2.95. The lowest BCUT2D eigenvalue weighted by Gasteiger charge is -1.95. The first kappa shape index (κ1) is 8.11. The zero-order chi connectivity index (χ0) is 8.10. The van der Waals surface area contributed by atoms with E-state index in [1.54, 1.807) is 0 Å². The number of aryl methyl sites for hydroxylation is 1. The molecule has 3 heteroatoms. The smallest absolute Gasteiger partial charge is 0.159 e. The summed E-state index contributed by atoms with van der Waals surface area (Å²) in [5, 5.41) is 0. The second-order valence-corrected chi connectivity index (χ2v) is 2.27. The molecule has 0 bridgehead atoms. The Labute approximate surface area is 65.5 Å². The van der Waals surface area contributed by atoms with E-state index in [9.17, 15) is 4.39 Å². The summed E-state index contributed by atoms with van der Waals surface area (Å²) < 4.78 is 12.3. The Balaban J connectivity index is 2.52. The van der Waals surface area contributed by atoms with E-state index in [4.69, 9.17) is 0 Å². The van der Waals surface area contributed by atoms with Gasteiger partial charge >= 0.3 is 0 Å². The van der Waals surface area contributed by atoms with E-state index in [1.165, 1.54) is 12.4 Å². The van der Waals surface area contributed by atoms with E-state index in [0.717, 1.165) is 19.3 Å². The number of nitrogens with zero attached hydrogens (tertiary/aromatic N) is 2. The van der Waals surface area contributed by atoms with Crippen LogP contribution in [0.3, 0.4) is 0 Å². The van der Waals surface area contributed by atoms with Gasteiger partial charge in [0, 0.05) is 6.42 Å². The van der Waals surface area contributed by atoms with Crippen molar-refractivity contribution in [3.05, 3.63) is 31.0 Å². The van der Waals surface area contributed by atoms with Gasteiger partial charge in [-0.05, 0) is 6.42 Å². The predicted octanol–water partition coefficient (Wildman–Crippen LogP) is 1.77. The molecule has 1 heterocycles. The third-order valence-electron chi connectivity index (χ3n) is 1.32. The minimum Gasteiger partial charge on any atom is -0.238 e. The molecule has 59 valence electrons. The highest BCUT2D eigenvalue weighted by Crippen LogP contribution is 1.98. The van der Waals surface area contributed by atoms with E-state index in [1.807, 2.05) is 0 Å². The Morgan fingerprint density at radius 2 is 2.00 bits per heavy atom. The molecule has 0 saturated heterocycles. The van der Waals surface area contributed by atoms with Crippen LogP contribution in [0.25, 0.3) is 0 Å². The highest BCUT2D eigenvalue weighted by molar-refractivity contribution is 4.91. The molecule has 0 aliphatic heterocycles. The van der Waals surface area contributed by atoms with Gasteiger partial charge in [-0.25, -0.2) is 14.4 Å². The first-order valence-electron chi connectivity index (χ1n) is 3.58. The molecule has 0 aliphatic rings. The lowest BCUT2D eigenvalue weighted by molar-refractivity contribution is 0.606. The SMILES string of the molecule is [CH2]CCCc1ncc(F)cn1. The van der Waals surface area contributed by atoms with Gasteiger partial charge in [0.1, 0.15) is 5.82 Å². The number of hydrogen-bond donors (Lipinski definition) is 0. The van der Waals surface area contributed by atoms with E-state index >= 15 is 0 Å². The molecule has 1 aromatic rings. The van der Waals surface area contributed by atoms with Crippen LogP contribution in [0.1, 0.15) is 18.7 Å². The summed E-state index contributed by atoms with van der Waals surface area (Å²) >= 11 is 0. The highest BCUT2D eigenvalue weighted by atomic mass is 19.1. The van der Waals surface area contributed by atoms with Crippen molar-refractivity contribution in [1.82, 2.24) is 9.97 Å². The molecule has 0 saturated carbocycles. The van der Waals surface area contributed by atoms with Crippen molar-refractivity contribution in [2.24, 2.45) is 0 Å². The molecule has 0 N–H and O–H groups in total. The summed E-state index contributed by atoms with van der Waals surface area (Å²) in [5.41, 5.74) is 0. The molecule has 0 atom stereocenters. The van der Waals surface area contributed by atoms with Crippen molar-refractivity contribution in [1.29, 1.82) is 0 Å². The number of rotatable bonds is 3. The summed E-state index contributed by atoms with van der Waals surface area (Å²) in [6.45, 7) is 3.69. The Morgan fingerprint density at radius 1 is 1.36 bits per heavy atom. The van der Waals surface area contributed by atoms with Gasteiger partial charge in [0.05, 0.1) is 12.4 Å². The van der Waals surface area contributed by atoms with Gasteiger partial charge in [-0.2, -0.15) is 0 Å². The van der Waals surface area contributed by atoms with Gasteiger partial charge in [0.25, 0.3) is 0 Å². The lowest BCUT2D eigenvalue weighted by atomic mass is 10.2. The van der Waals surface area contributed by atoms with Crippen molar-refractivity contribution < 1.29 is 4.39 Å². The minimum absolute atomic E-state index is 0.386. The fraction of sp³-hybridized carbons (Fsp3) is 0.375. The average Bonchev–Trinajstić information content (AvgIpc) is 2.04. The van der Waals surface area contributed by atoms with Crippen molar-refractivity contribution in [3.8, 4) is 0 Å². The third kappa shape index (κ3) is 2.62. The molecule has 0 aliphatic carbocycles. The molecule has 1 aromatic heterocycles. The summed E-state index contributed by atoms with van der Waals surface area (Å²) in [4.78, 5) is 7.60. The lowest BCUT2D eigenvalue weighted by Crippen LogP contribution is -1.94. The minimum atomic E-state index is -0.386. The molecule has 2 nitrogen and oxygen atoms in total. The molecule has 1 radical (unpaired) electrons. The fourth-order valence-electron chi connectivity index (χ4n) is 0.751. The van der Waals surface area contributed by atoms with Gasteiger partial charge in [-0.15, -0.1) is 0 Å². The molecular weight excluding hydrogens is 143 g/mol. The van der Waals surface area contributed by atoms with Crippen LogP contribution in [-0.2, 0) is 6.42 Å². The van der Waals surface area contributed by atoms with Crippen LogP contribution in [0.5, 0.6) is 0 Å². The third-order valence-corrected chi connectivity index (χ3v) is 1.32. The van der Waals surface area contributed by atoms with Crippen LogP contribution in [0.4, 0.5) is 4.39 Å². The maximum atomic E-state index is 12.3. The molecule has 1 rings (SSSR count). The molecular formula is C8H10FN2. The van der Waals surface area contributed by atoms with Gasteiger partial charge in [0.2, 0.25) is 0 Å². The molecule has 0 aromatic carbocycles. The van der Waals surface area contributed by atoms with Gasteiger partial charge in [-0.3, -0.25) is 0 Å². The summed E-state index contributed by atoms with van der Waals surface area (Å²) in [7, 11) is 0. The highest BCUT2D eigenvalue weighted by Gasteiger charge is 1.94. The average molecular weight is 153 g/mol. The van der Waals surface area contributed by atoms with Crippen molar-refractivity contribution in [2.75, 3.05) is 0 Å². The largest absolute Gasteiger partial charge is 0.238 e. The maximum Gasteiger partial charge on any atom is 0.159 e. The molecule has 11 heavy (non-hydrogen) atoms. The Morgan fingerprint density at radius 3 is 2.55 bits per heavy atom. The molecule has 0 amide bonds. The standard InChI is InChI=1S/C8H10FN2/c1-2-3-4-8-10-5-7(9)6-11-8/h5-6H,1-4H2. The van der Waals surface area contributed by atoms with Crippen LogP contribution in [0.15, 0.2) is 12.4 Å². The maximum absolute atomic E-state index is 12.3. The Bertz CT molecular complexity index is 208. The van der Waals surface area contributed by atoms with Gasteiger partial charge < -0.3 is 0 Å². The summed E-state index contributed by atoms with van der Waals surface area (Å²) in [5.74, 6) is 0.304.